The van der Waals surface area contributed by atoms with E-state index in [4.69, 9.17) is 0 Å². The SMILES string of the molecule is CC1=Cc2c(cc(N3c4ccccc4Sc4ccccc43)cc2-c2ccccc2)C1.CC1=Cc2cc(N3c4ccccc4Sc4ccccc43)cc(-c3ccccc3)c2C1. The molecule has 60 heavy (non-hydrogen) atoms. The fourth-order valence-corrected chi connectivity index (χ4v) is 11.3. The van der Waals surface area contributed by atoms with E-state index in [1.807, 2.05) is 23.5 Å². The summed E-state index contributed by atoms with van der Waals surface area (Å²) in [7, 11) is 0. The van der Waals surface area contributed by atoms with Crippen LogP contribution in [0, 0.1) is 0 Å². The van der Waals surface area contributed by atoms with Gasteiger partial charge in [0.1, 0.15) is 0 Å². The molecule has 8 aromatic carbocycles. The summed E-state index contributed by atoms with van der Waals surface area (Å²) in [5, 5.41) is 0. The Hall–Kier alpha value is -6.46. The molecule has 4 aliphatic rings. The molecule has 2 aliphatic heterocycles. The standard InChI is InChI=1S/2C28H21NS/c2*1-19-15-21-17-22(18-24(23(21)16-19)20-9-3-2-4-10-20)29-25-11-5-7-13-27(25)30-28-14-8-6-12-26(28)29/h2-14,16-18H,15H2,1H3;2-15,17-18H,16H2,1H3. The van der Waals surface area contributed by atoms with E-state index in [2.05, 4.69) is 218 Å². The second-order valence-electron chi connectivity index (χ2n) is 15.9. The molecule has 0 unspecified atom stereocenters. The molecular weight excluding hydrogens is 765 g/mol. The van der Waals surface area contributed by atoms with Crippen molar-refractivity contribution >= 4 is 69.8 Å². The second-order valence-corrected chi connectivity index (χ2v) is 18.1. The Morgan fingerprint density at radius 1 is 0.400 bits per heavy atom. The molecule has 2 heterocycles. The normalized spacial score (nSPS) is 14.0. The minimum Gasteiger partial charge on any atom is -0.308 e. The zero-order valence-corrected chi connectivity index (χ0v) is 35.2. The maximum Gasteiger partial charge on any atom is 0.0601 e. The fourth-order valence-electron chi connectivity index (χ4n) is 9.17. The summed E-state index contributed by atoms with van der Waals surface area (Å²) in [5.41, 5.74) is 21.1. The van der Waals surface area contributed by atoms with Crippen LogP contribution >= 0.6 is 23.5 Å². The molecule has 0 spiro atoms. The molecule has 12 rings (SSSR count). The van der Waals surface area contributed by atoms with Crippen LogP contribution in [0.5, 0.6) is 0 Å². The van der Waals surface area contributed by atoms with E-state index in [0.717, 1.165) is 12.8 Å². The van der Waals surface area contributed by atoms with Crippen molar-refractivity contribution in [3.63, 3.8) is 0 Å². The third-order valence-electron chi connectivity index (χ3n) is 11.8. The molecule has 0 atom stereocenters. The van der Waals surface area contributed by atoms with Crippen LogP contribution in [-0.2, 0) is 12.8 Å². The lowest BCUT2D eigenvalue weighted by Crippen LogP contribution is -2.15. The van der Waals surface area contributed by atoms with Gasteiger partial charge < -0.3 is 9.80 Å². The fraction of sp³-hybridized carbons (Fsp3) is 0.0714. The summed E-state index contributed by atoms with van der Waals surface area (Å²) in [4.78, 5) is 10.0. The molecule has 0 saturated heterocycles. The van der Waals surface area contributed by atoms with E-state index < -0.39 is 0 Å². The summed E-state index contributed by atoms with van der Waals surface area (Å²) in [6, 6.07) is 65.9. The third-order valence-corrected chi connectivity index (χ3v) is 14.0. The van der Waals surface area contributed by atoms with Crippen LogP contribution in [0.4, 0.5) is 34.1 Å². The van der Waals surface area contributed by atoms with E-state index >= 15 is 0 Å². The first-order chi connectivity index (χ1) is 29.6. The van der Waals surface area contributed by atoms with Gasteiger partial charge in [0.2, 0.25) is 0 Å². The zero-order valence-electron chi connectivity index (χ0n) is 33.6. The van der Waals surface area contributed by atoms with Crippen molar-refractivity contribution in [3.8, 4) is 22.3 Å². The molecule has 0 radical (unpaired) electrons. The Bertz CT molecular complexity index is 2930. The van der Waals surface area contributed by atoms with Gasteiger partial charge >= 0.3 is 0 Å². The number of benzene rings is 8. The second kappa shape index (κ2) is 15.3. The highest BCUT2D eigenvalue weighted by atomic mass is 32.2. The molecule has 0 saturated carbocycles. The van der Waals surface area contributed by atoms with Gasteiger partial charge in [-0.05, 0) is 144 Å². The molecule has 2 nitrogen and oxygen atoms in total. The van der Waals surface area contributed by atoms with Crippen molar-refractivity contribution in [2.45, 2.75) is 46.3 Å². The van der Waals surface area contributed by atoms with E-state index in [1.54, 1.807) is 0 Å². The average Bonchev–Trinajstić information content (AvgIpc) is 3.88. The van der Waals surface area contributed by atoms with Crippen LogP contribution in [-0.4, -0.2) is 0 Å². The summed E-state index contributed by atoms with van der Waals surface area (Å²) in [6.07, 6.45) is 6.76. The van der Waals surface area contributed by atoms with Crippen LogP contribution in [0.1, 0.15) is 36.1 Å². The van der Waals surface area contributed by atoms with Gasteiger partial charge in [-0.25, -0.2) is 0 Å². The molecule has 0 N–H and O–H groups in total. The van der Waals surface area contributed by atoms with Gasteiger partial charge in [-0.3, -0.25) is 0 Å². The van der Waals surface area contributed by atoms with Crippen molar-refractivity contribution < 1.29 is 0 Å². The van der Waals surface area contributed by atoms with Crippen LogP contribution < -0.4 is 9.80 Å². The van der Waals surface area contributed by atoms with Crippen LogP contribution in [0.3, 0.4) is 0 Å². The number of fused-ring (bicyclic) bond motifs is 6. The lowest BCUT2D eigenvalue weighted by Gasteiger charge is -2.33. The van der Waals surface area contributed by atoms with E-state index in [9.17, 15) is 0 Å². The van der Waals surface area contributed by atoms with Gasteiger partial charge in [-0.1, -0.05) is 156 Å². The van der Waals surface area contributed by atoms with Gasteiger partial charge in [0.15, 0.2) is 0 Å². The Kier molecular flexibility index (Phi) is 9.33. The Morgan fingerprint density at radius 2 is 0.817 bits per heavy atom. The molecule has 288 valence electrons. The van der Waals surface area contributed by atoms with Crippen molar-refractivity contribution in [1.82, 2.24) is 0 Å². The summed E-state index contributed by atoms with van der Waals surface area (Å²) in [6.45, 7) is 4.47. The monoisotopic (exact) mass is 806 g/mol. The summed E-state index contributed by atoms with van der Waals surface area (Å²) in [5.74, 6) is 0. The van der Waals surface area contributed by atoms with Gasteiger partial charge in [0.25, 0.3) is 0 Å². The summed E-state index contributed by atoms with van der Waals surface area (Å²) >= 11 is 3.71. The number of para-hydroxylation sites is 4. The topological polar surface area (TPSA) is 6.48 Å². The maximum absolute atomic E-state index is 2.43. The van der Waals surface area contributed by atoms with Gasteiger partial charge in [-0.15, -0.1) is 0 Å². The van der Waals surface area contributed by atoms with E-state index in [1.165, 1.54) is 109 Å². The highest BCUT2D eigenvalue weighted by molar-refractivity contribution is 8.00. The predicted octanol–water partition coefficient (Wildman–Crippen LogP) is 16.5. The molecule has 8 aromatic rings. The number of hydrogen-bond acceptors (Lipinski definition) is 4. The maximum atomic E-state index is 2.43. The minimum atomic E-state index is 1.02. The van der Waals surface area contributed by atoms with Crippen molar-refractivity contribution in [3.05, 3.63) is 215 Å². The Morgan fingerprint density at radius 3 is 1.33 bits per heavy atom. The molecule has 0 aromatic heterocycles. The first-order valence-corrected chi connectivity index (χ1v) is 22.3. The smallest absolute Gasteiger partial charge is 0.0601 e. The first-order valence-electron chi connectivity index (χ1n) is 20.7. The predicted molar refractivity (Wildman–Crippen MR) is 256 cm³/mol. The lowest BCUT2D eigenvalue weighted by atomic mass is 9.94. The number of rotatable bonds is 4. The van der Waals surface area contributed by atoms with Gasteiger partial charge in [-0.2, -0.15) is 0 Å². The van der Waals surface area contributed by atoms with Crippen LogP contribution in [0.15, 0.2) is 213 Å². The average molecular weight is 807 g/mol. The number of allylic oxidation sites excluding steroid dienone is 2. The van der Waals surface area contributed by atoms with E-state index in [-0.39, 0.29) is 0 Å². The molecule has 4 heteroatoms. The molecule has 0 fully saturated rings. The molecule has 2 aliphatic carbocycles. The first kappa shape index (κ1) is 36.6. The zero-order chi connectivity index (χ0) is 40.2. The lowest BCUT2D eigenvalue weighted by molar-refractivity contribution is 1.15. The van der Waals surface area contributed by atoms with Crippen LogP contribution in [0.25, 0.3) is 34.4 Å². The van der Waals surface area contributed by atoms with Crippen molar-refractivity contribution in [1.29, 1.82) is 0 Å². The quantitative estimate of drug-likeness (QED) is 0.175. The number of hydrogen-bond donors (Lipinski definition) is 0. The number of anilines is 6. The summed E-state index contributed by atoms with van der Waals surface area (Å²) < 4.78 is 0. The van der Waals surface area contributed by atoms with Crippen molar-refractivity contribution in [2.75, 3.05) is 9.80 Å². The molecular formula is C56H42N2S2. The number of nitrogens with zero attached hydrogens (tertiary/aromatic N) is 2. The van der Waals surface area contributed by atoms with Crippen LogP contribution in [0.2, 0.25) is 0 Å². The van der Waals surface area contributed by atoms with E-state index in [0.29, 0.717) is 0 Å². The molecule has 0 amide bonds. The van der Waals surface area contributed by atoms with Gasteiger partial charge in [0.05, 0.1) is 22.7 Å². The highest BCUT2D eigenvalue weighted by Crippen LogP contribution is 2.54. The largest absolute Gasteiger partial charge is 0.308 e. The Balaban J connectivity index is 0.000000136. The minimum absolute atomic E-state index is 1.02. The van der Waals surface area contributed by atoms with Gasteiger partial charge in [0, 0.05) is 31.0 Å². The highest BCUT2D eigenvalue weighted by Gasteiger charge is 2.28. The Labute approximate surface area is 361 Å². The van der Waals surface area contributed by atoms with Crippen molar-refractivity contribution in [2.24, 2.45) is 0 Å². The molecule has 0 bridgehead atoms. The third kappa shape index (κ3) is 6.57.